The van der Waals surface area contributed by atoms with E-state index in [9.17, 15) is 9.59 Å². The Balaban J connectivity index is 2.27. The molecule has 6 heteroatoms. The van der Waals surface area contributed by atoms with Gasteiger partial charge in [-0.3, -0.25) is 14.5 Å². The number of nitrogens with zero attached hydrogens (tertiary/aromatic N) is 1. The summed E-state index contributed by atoms with van der Waals surface area (Å²) in [4.78, 5) is 24.3. The van der Waals surface area contributed by atoms with Gasteiger partial charge < -0.3 is 14.2 Å². The normalized spacial score (nSPS) is 24.7. The van der Waals surface area contributed by atoms with Crippen LogP contribution in [0.5, 0.6) is 0 Å². The molecule has 0 aromatic rings. The number of methoxy groups -OCH3 is 2. The van der Waals surface area contributed by atoms with E-state index in [1.165, 1.54) is 14.2 Å². The van der Waals surface area contributed by atoms with E-state index in [-0.39, 0.29) is 24.6 Å². The predicted octanol–water partition coefficient (Wildman–Crippen LogP) is -0.578. The van der Waals surface area contributed by atoms with Crippen molar-refractivity contribution in [2.45, 2.75) is 19.0 Å². The molecule has 0 amide bonds. The highest BCUT2D eigenvalue weighted by atomic mass is 16.6. The molecule has 0 bridgehead atoms. The number of ether oxygens (including phenoxy) is 3. The Bertz CT molecular complexity index is 268. The lowest BCUT2D eigenvalue weighted by atomic mass is 10.3. The van der Waals surface area contributed by atoms with Gasteiger partial charge in [0.15, 0.2) is 0 Å². The van der Waals surface area contributed by atoms with Crippen LogP contribution in [0, 0.1) is 0 Å². The quantitative estimate of drug-likeness (QED) is 0.346. The molecule has 0 aromatic carbocycles. The second kappa shape index (κ2) is 5.81. The molecule has 1 heterocycles. The van der Waals surface area contributed by atoms with Crippen molar-refractivity contribution in [3.8, 4) is 0 Å². The van der Waals surface area contributed by atoms with Crippen molar-refractivity contribution in [2.24, 2.45) is 0 Å². The molecule has 0 spiro atoms. The molecule has 1 fully saturated rings. The van der Waals surface area contributed by atoms with Gasteiger partial charge >= 0.3 is 11.9 Å². The lowest BCUT2D eigenvalue weighted by molar-refractivity contribution is -0.147. The monoisotopic (exact) mass is 231 g/mol. The minimum absolute atomic E-state index is 0.242. The summed E-state index contributed by atoms with van der Waals surface area (Å²) in [7, 11) is 2.87. The fourth-order valence-electron chi connectivity index (χ4n) is 1.42. The molecule has 0 aliphatic carbocycles. The fraction of sp³-hybridized carbons (Fsp3) is 0.800. The van der Waals surface area contributed by atoms with Crippen LogP contribution in [0.4, 0.5) is 0 Å². The number of rotatable bonds is 6. The second-order valence-electron chi connectivity index (χ2n) is 3.57. The highest BCUT2D eigenvalue weighted by molar-refractivity contribution is 5.82. The SMILES string of the molecule is COCCOC(=O)[C@@H]1CN1[C@@H](C)C(=O)OC. The third-order valence-electron chi connectivity index (χ3n) is 2.49. The summed E-state index contributed by atoms with van der Waals surface area (Å²) < 4.78 is 14.3. The zero-order valence-corrected chi connectivity index (χ0v) is 9.76. The van der Waals surface area contributed by atoms with Crippen molar-refractivity contribution in [1.29, 1.82) is 0 Å². The van der Waals surface area contributed by atoms with Crippen LogP contribution < -0.4 is 0 Å². The summed E-state index contributed by atoms with van der Waals surface area (Å²) in [6.07, 6.45) is 0. The van der Waals surface area contributed by atoms with E-state index >= 15 is 0 Å². The van der Waals surface area contributed by atoms with E-state index in [0.29, 0.717) is 13.2 Å². The molecule has 0 radical (unpaired) electrons. The van der Waals surface area contributed by atoms with Crippen molar-refractivity contribution < 1.29 is 23.8 Å². The standard InChI is InChI=1S/C10H17NO5/c1-7(9(12)15-3)11-6-8(11)10(13)16-5-4-14-2/h7-8H,4-6H2,1-3H3/t7-,8-,11?/m0/s1. The highest BCUT2D eigenvalue weighted by Gasteiger charge is 2.47. The van der Waals surface area contributed by atoms with Crippen LogP contribution >= 0.6 is 0 Å². The lowest BCUT2D eigenvalue weighted by Gasteiger charge is -2.10. The first-order valence-corrected chi connectivity index (χ1v) is 5.11. The maximum Gasteiger partial charge on any atom is 0.324 e. The van der Waals surface area contributed by atoms with Crippen LogP contribution in [0.1, 0.15) is 6.92 Å². The third kappa shape index (κ3) is 3.18. The van der Waals surface area contributed by atoms with Crippen LogP contribution in [0.2, 0.25) is 0 Å². The minimum atomic E-state index is -0.398. The molecule has 1 saturated heterocycles. The number of carbonyl (C=O) groups excluding carboxylic acids is 2. The maximum absolute atomic E-state index is 11.4. The predicted molar refractivity (Wildman–Crippen MR) is 54.8 cm³/mol. The van der Waals surface area contributed by atoms with Crippen molar-refractivity contribution in [3.05, 3.63) is 0 Å². The Morgan fingerprint density at radius 3 is 2.62 bits per heavy atom. The molecule has 6 nitrogen and oxygen atoms in total. The summed E-state index contributed by atoms with van der Waals surface area (Å²) in [6, 6.07) is -0.712. The van der Waals surface area contributed by atoms with Gasteiger partial charge in [0.1, 0.15) is 18.7 Å². The molecular weight excluding hydrogens is 214 g/mol. The smallest absolute Gasteiger partial charge is 0.324 e. The van der Waals surface area contributed by atoms with E-state index < -0.39 is 6.04 Å². The first-order valence-electron chi connectivity index (χ1n) is 5.11. The van der Waals surface area contributed by atoms with Crippen molar-refractivity contribution >= 4 is 11.9 Å². The van der Waals surface area contributed by atoms with Crippen LogP contribution in [0.3, 0.4) is 0 Å². The third-order valence-corrected chi connectivity index (χ3v) is 2.49. The molecular formula is C10H17NO5. The molecule has 0 saturated carbocycles. The van der Waals surface area contributed by atoms with Crippen molar-refractivity contribution in [1.82, 2.24) is 4.90 Å². The number of carbonyl (C=O) groups is 2. The Kier molecular flexibility index (Phi) is 4.70. The zero-order chi connectivity index (χ0) is 12.1. The summed E-state index contributed by atoms with van der Waals surface area (Å²) in [5.41, 5.74) is 0. The average Bonchev–Trinajstić information content (AvgIpc) is 3.07. The molecule has 3 atom stereocenters. The van der Waals surface area contributed by atoms with E-state index in [4.69, 9.17) is 9.47 Å². The lowest BCUT2D eigenvalue weighted by Crippen LogP contribution is -2.30. The summed E-state index contributed by atoms with van der Waals surface area (Å²) in [6.45, 7) is 2.87. The van der Waals surface area contributed by atoms with Gasteiger partial charge in [-0.1, -0.05) is 0 Å². The molecule has 92 valence electrons. The molecule has 1 aliphatic heterocycles. The Labute approximate surface area is 94.4 Å². The van der Waals surface area contributed by atoms with Crippen molar-refractivity contribution in [3.63, 3.8) is 0 Å². The number of esters is 2. The first kappa shape index (κ1) is 12.9. The molecule has 1 rings (SSSR count). The van der Waals surface area contributed by atoms with Gasteiger partial charge in [-0.2, -0.15) is 0 Å². The van der Waals surface area contributed by atoms with Gasteiger partial charge in [-0.25, -0.2) is 0 Å². The van der Waals surface area contributed by atoms with E-state index in [2.05, 4.69) is 4.74 Å². The average molecular weight is 231 g/mol. The fourth-order valence-corrected chi connectivity index (χ4v) is 1.42. The summed E-state index contributed by atoms with van der Waals surface area (Å²) >= 11 is 0. The van der Waals surface area contributed by atoms with Gasteiger partial charge in [-0.05, 0) is 6.92 Å². The van der Waals surface area contributed by atoms with Gasteiger partial charge in [0, 0.05) is 13.7 Å². The first-order chi connectivity index (χ1) is 7.61. The van der Waals surface area contributed by atoms with Crippen LogP contribution in [0.15, 0.2) is 0 Å². The van der Waals surface area contributed by atoms with Gasteiger partial charge in [0.2, 0.25) is 0 Å². The van der Waals surface area contributed by atoms with Crippen LogP contribution in [-0.4, -0.2) is 62.9 Å². The van der Waals surface area contributed by atoms with Gasteiger partial charge in [0.05, 0.1) is 13.7 Å². The zero-order valence-electron chi connectivity index (χ0n) is 9.76. The van der Waals surface area contributed by atoms with Crippen LogP contribution in [-0.2, 0) is 23.8 Å². The van der Waals surface area contributed by atoms with Crippen LogP contribution in [0.25, 0.3) is 0 Å². The van der Waals surface area contributed by atoms with E-state index in [0.717, 1.165) is 0 Å². The molecule has 16 heavy (non-hydrogen) atoms. The van der Waals surface area contributed by atoms with E-state index in [1.807, 2.05) is 0 Å². The second-order valence-corrected chi connectivity index (χ2v) is 3.57. The van der Waals surface area contributed by atoms with Crippen molar-refractivity contribution in [2.75, 3.05) is 34.0 Å². The Morgan fingerprint density at radius 2 is 2.06 bits per heavy atom. The number of hydrogen-bond acceptors (Lipinski definition) is 6. The van der Waals surface area contributed by atoms with Gasteiger partial charge in [-0.15, -0.1) is 0 Å². The minimum Gasteiger partial charge on any atom is -0.468 e. The summed E-state index contributed by atoms with van der Waals surface area (Å²) in [5.74, 6) is -0.653. The Morgan fingerprint density at radius 1 is 1.38 bits per heavy atom. The molecule has 1 unspecified atom stereocenters. The highest BCUT2D eigenvalue weighted by Crippen LogP contribution is 2.23. The van der Waals surface area contributed by atoms with Gasteiger partial charge in [0.25, 0.3) is 0 Å². The molecule has 0 aromatic heterocycles. The summed E-state index contributed by atoms with van der Waals surface area (Å²) in [5, 5.41) is 0. The number of hydrogen-bond donors (Lipinski definition) is 0. The van der Waals surface area contributed by atoms with E-state index in [1.54, 1.807) is 11.8 Å². The molecule has 0 N–H and O–H groups in total. The Hall–Kier alpha value is -1.14. The molecule has 1 aliphatic rings. The largest absolute Gasteiger partial charge is 0.468 e. The topological polar surface area (TPSA) is 64.8 Å². The maximum atomic E-state index is 11.4.